The van der Waals surface area contributed by atoms with E-state index in [4.69, 9.17) is 9.84 Å². The van der Waals surface area contributed by atoms with Gasteiger partial charge in [-0.3, -0.25) is 14.3 Å². The van der Waals surface area contributed by atoms with Crippen molar-refractivity contribution in [3.8, 4) is 0 Å². The van der Waals surface area contributed by atoms with Crippen molar-refractivity contribution in [1.29, 1.82) is 0 Å². The molecule has 0 saturated carbocycles. The maximum atomic E-state index is 11.5. The summed E-state index contributed by atoms with van der Waals surface area (Å²) in [5.74, 6) is 0.189. The minimum atomic E-state index is -0.483. The Morgan fingerprint density at radius 2 is 2.38 bits per heavy atom. The fourth-order valence-corrected chi connectivity index (χ4v) is 1.92. The molecule has 2 rings (SSSR count). The summed E-state index contributed by atoms with van der Waals surface area (Å²) in [4.78, 5) is 24.6. The first-order valence-electron chi connectivity index (χ1n) is 5.19. The van der Waals surface area contributed by atoms with E-state index in [1.54, 1.807) is 0 Å². The van der Waals surface area contributed by atoms with Crippen LogP contribution in [0.4, 0.5) is 0 Å². The minimum absolute atomic E-state index is 0.0598. The Labute approximate surface area is 91.5 Å². The molecular formula is C10H14N2O4. The topological polar surface area (TPSA) is 84.3 Å². The molecule has 2 heterocycles. The molecule has 3 atom stereocenters. The van der Waals surface area contributed by atoms with Crippen molar-refractivity contribution in [2.24, 2.45) is 5.92 Å². The first-order valence-corrected chi connectivity index (χ1v) is 5.19. The maximum Gasteiger partial charge on any atom is 0.330 e. The quantitative estimate of drug-likeness (QED) is 0.708. The van der Waals surface area contributed by atoms with Crippen LogP contribution in [0.3, 0.4) is 0 Å². The van der Waals surface area contributed by atoms with Crippen LogP contribution in [-0.4, -0.2) is 27.4 Å². The standard InChI is InChI=1S/C10H14N2O4/c1-6-4-9(16-7(6)5-13)12-3-2-8(14)11-10(12)15/h2-3,6-7,9,13H,4-5H2,1H3,(H,11,14,15)/t6-,7+,9-/m0/s1. The lowest BCUT2D eigenvalue weighted by Crippen LogP contribution is -2.31. The number of hydrogen-bond donors (Lipinski definition) is 2. The molecule has 1 aliphatic rings. The average molecular weight is 226 g/mol. The maximum absolute atomic E-state index is 11.5. The number of aliphatic hydroxyl groups is 1. The van der Waals surface area contributed by atoms with Gasteiger partial charge in [0, 0.05) is 12.3 Å². The summed E-state index contributed by atoms with van der Waals surface area (Å²) in [7, 11) is 0. The number of H-pyrrole nitrogens is 1. The van der Waals surface area contributed by atoms with E-state index in [9.17, 15) is 9.59 Å². The number of aromatic amines is 1. The molecule has 0 unspecified atom stereocenters. The molecule has 1 aromatic rings. The molecule has 0 aromatic carbocycles. The number of hydrogen-bond acceptors (Lipinski definition) is 4. The van der Waals surface area contributed by atoms with E-state index in [2.05, 4.69) is 4.98 Å². The molecule has 88 valence electrons. The lowest BCUT2D eigenvalue weighted by molar-refractivity contribution is -0.0313. The van der Waals surface area contributed by atoms with Crippen LogP contribution < -0.4 is 11.2 Å². The zero-order valence-corrected chi connectivity index (χ0v) is 8.92. The van der Waals surface area contributed by atoms with Crippen molar-refractivity contribution in [3.05, 3.63) is 33.1 Å². The van der Waals surface area contributed by atoms with Crippen molar-refractivity contribution in [3.63, 3.8) is 0 Å². The Hall–Kier alpha value is -1.40. The zero-order chi connectivity index (χ0) is 11.7. The van der Waals surface area contributed by atoms with E-state index < -0.39 is 17.5 Å². The lowest BCUT2D eigenvalue weighted by atomic mass is 10.0. The Morgan fingerprint density at radius 1 is 1.62 bits per heavy atom. The highest BCUT2D eigenvalue weighted by molar-refractivity contribution is 4.87. The number of aromatic nitrogens is 2. The molecule has 0 aliphatic carbocycles. The van der Waals surface area contributed by atoms with Crippen LogP contribution in [-0.2, 0) is 4.74 Å². The smallest absolute Gasteiger partial charge is 0.330 e. The van der Waals surface area contributed by atoms with Gasteiger partial charge in [0.05, 0.1) is 12.7 Å². The first kappa shape index (κ1) is 11.1. The lowest BCUT2D eigenvalue weighted by Gasteiger charge is -2.14. The summed E-state index contributed by atoms with van der Waals surface area (Å²) in [6, 6.07) is 1.28. The second-order valence-corrected chi connectivity index (χ2v) is 4.04. The highest BCUT2D eigenvalue weighted by atomic mass is 16.5. The van der Waals surface area contributed by atoms with Gasteiger partial charge in [-0.25, -0.2) is 4.79 Å². The fraction of sp³-hybridized carbons (Fsp3) is 0.600. The van der Waals surface area contributed by atoms with Crippen LogP contribution >= 0.6 is 0 Å². The minimum Gasteiger partial charge on any atom is -0.394 e. The molecule has 6 heteroatoms. The highest BCUT2D eigenvalue weighted by Crippen LogP contribution is 2.31. The van der Waals surface area contributed by atoms with Gasteiger partial charge < -0.3 is 9.84 Å². The monoisotopic (exact) mass is 226 g/mol. The van der Waals surface area contributed by atoms with E-state index >= 15 is 0 Å². The molecule has 0 radical (unpaired) electrons. The summed E-state index contributed by atoms with van der Waals surface area (Å²) in [6.07, 6.45) is 1.41. The number of aliphatic hydroxyl groups excluding tert-OH is 1. The van der Waals surface area contributed by atoms with Gasteiger partial charge in [0.25, 0.3) is 5.56 Å². The average Bonchev–Trinajstić information content (AvgIpc) is 2.59. The third-order valence-corrected chi connectivity index (χ3v) is 2.88. The molecule has 0 amide bonds. The molecule has 0 spiro atoms. The molecular weight excluding hydrogens is 212 g/mol. The van der Waals surface area contributed by atoms with Crippen molar-refractivity contribution in [2.75, 3.05) is 6.61 Å². The summed E-state index contributed by atoms with van der Waals surface area (Å²) in [6.45, 7) is 1.90. The number of nitrogens with zero attached hydrogens (tertiary/aromatic N) is 1. The van der Waals surface area contributed by atoms with Crippen LogP contribution in [0.5, 0.6) is 0 Å². The second kappa shape index (κ2) is 4.23. The van der Waals surface area contributed by atoms with Crippen molar-refractivity contribution >= 4 is 0 Å². The summed E-state index contributed by atoms with van der Waals surface area (Å²) in [5, 5.41) is 9.04. The predicted molar refractivity (Wildman–Crippen MR) is 56.1 cm³/mol. The largest absolute Gasteiger partial charge is 0.394 e. The zero-order valence-electron chi connectivity index (χ0n) is 8.92. The number of nitrogens with one attached hydrogen (secondary N) is 1. The van der Waals surface area contributed by atoms with Crippen LogP contribution in [0, 0.1) is 5.92 Å². The highest BCUT2D eigenvalue weighted by Gasteiger charge is 2.32. The predicted octanol–water partition coefficient (Wildman–Crippen LogP) is -0.548. The normalized spacial score (nSPS) is 29.5. The third kappa shape index (κ3) is 1.94. The molecule has 1 aromatic heterocycles. The van der Waals surface area contributed by atoms with Gasteiger partial charge in [-0.05, 0) is 12.3 Å². The van der Waals surface area contributed by atoms with Crippen LogP contribution in [0.2, 0.25) is 0 Å². The van der Waals surface area contributed by atoms with Gasteiger partial charge in [-0.15, -0.1) is 0 Å². The third-order valence-electron chi connectivity index (χ3n) is 2.88. The number of ether oxygens (including phenoxy) is 1. The Morgan fingerprint density at radius 3 is 2.94 bits per heavy atom. The Balaban J connectivity index is 2.27. The molecule has 6 nitrogen and oxygen atoms in total. The second-order valence-electron chi connectivity index (χ2n) is 4.04. The molecule has 16 heavy (non-hydrogen) atoms. The van der Waals surface area contributed by atoms with E-state index in [1.807, 2.05) is 6.92 Å². The number of rotatable bonds is 2. The van der Waals surface area contributed by atoms with Gasteiger partial charge in [0.15, 0.2) is 0 Å². The molecule has 2 N–H and O–H groups in total. The molecule has 1 fully saturated rings. The van der Waals surface area contributed by atoms with Gasteiger partial charge >= 0.3 is 5.69 Å². The van der Waals surface area contributed by atoms with Gasteiger partial charge in [0.1, 0.15) is 6.23 Å². The summed E-state index contributed by atoms with van der Waals surface area (Å²) < 4.78 is 6.86. The SMILES string of the molecule is C[C@H]1C[C@@H](n2ccc(=O)[nH]c2=O)O[C@@H]1CO. The Bertz CT molecular complexity index is 478. The Kier molecular flexibility index (Phi) is 2.93. The molecule has 1 aliphatic heterocycles. The van der Waals surface area contributed by atoms with Gasteiger partial charge in [-0.2, -0.15) is 0 Å². The van der Waals surface area contributed by atoms with Crippen LogP contribution in [0.1, 0.15) is 19.6 Å². The summed E-state index contributed by atoms with van der Waals surface area (Å²) >= 11 is 0. The summed E-state index contributed by atoms with van der Waals surface area (Å²) in [5.41, 5.74) is -0.908. The van der Waals surface area contributed by atoms with E-state index in [-0.39, 0.29) is 18.6 Å². The molecule has 1 saturated heterocycles. The van der Waals surface area contributed by atoms with E-state index in [1.165, 1.54) is 16.8 Å². The van der Waals surface area contributed by atoms with Crippen molar-refractivity contribution in [1.82, 2.24) is 9.55 Å². The van der Waals surface area contributed by atoms with E-state index in [0.29, 0.717) is 6.42 Å². The fourth-order valence-electron chi connectivity index (χ4n) is 1.92. The van der Waals surface area contributed by atoms with Crippen molar-refractivity contribution < 1.29 is 9.84 Å². The molecule has 0 bridgehead atoms. The first-order chi connectivity index (χ1) is 7.61. The van der Waals surface area contributed by atoms with Crippen LogP contribution in [0.15, 0.2) is 21.9 Å². The van der Waals surface area contributed by atoms with E-state index in [0.717, 1.165) is 0 Å². The van der Waals surface area contributed by atoms with Gasteiger partial charge in [0.2, 0.25) is 0 Å². The van der Waals surface area contributed by atoms with Gasteiger partial charge in [-0.1, -0.05) is 6.92 Å². The van der Waals surface area contributed by atoms with Crippen LogP contribution in [0.25, 0.3) is 0 Å². The van der Waals surface area contributed by atoms with Crippen molar-refractivity contribution in [2.45, 2.75) is 25.7 Å².